The van der Waals surface area contributed by atoms with E-state index < -0.39 is 23.5 Å². The van der Waals surface area contributed by atoms with Gasteiger partial charge in [0.2, 0.25) is 0 Å². The molecule has 1 aromatic carbocycles. The smallest absolute Gasteiger partial charge is 0.282 e. The van der Waals surface area contributed by atoms with Crippen LogP contribution in [0.15, 0.2) is 24.4 Å². The lowest BCUT2D eigenvalue weighted by Gasteiger charge is -2.03. The summed E-state index contributed by atoms with van der Waals surface area (Å²) >= 11 is 5.77. The third-order valence-corrected chi connectivity index (χ3v) is 2.73. The van der Waals surface area contributed by atoms with E-state index in [2.05, 4.69) is 10.3 Å². The number of alkyl halides is 3. The number of rotatable bonds is 3. The van der Waals surface area contributed by atoms with Crippen molar-refractivity contribution in [3.63, 3.8) is 0 Å². The molecule has 0 atom stereocenters. The van der Waals surface area contributed by atoms with Crippen molar-refractivity contribution in [1.29, 1.82) is 0 Å². The summed E-state index contributed by atoms with van der Waals surface area (Å²) in [5.41, 5.74) is -0.375. The summed E-state index contributed by atoms with van der Waals surface area (Å²) in [4.78, 5) is 10.9. The van der Waals surface area contributed by atoms with Crippen molar-refractivity contribution >= 4 is 17.4 Å². The second-order valence-electron chi connectivity index (χ2n) is 3.86. The highest BCUT2D eigenvalue weighted by Crippen LogP contribution is 2.21. The highest BCUT2D eigenvalue weighted by molar-refractivity contribution is 6.31. The molecule has 9 heteroatoms. The number of carbonyl (C=O) groups is 1. The highest BCUT2D eigenvalue weighted by atomic mass is 35.5. The molecule has 1 aromatic heterocycles. The fourth-order valence-electron chi connectivity index (χ4n) is 1.45. The SMILES string of the molecule is O=C(c1cn(Cc2ccc(F)cc2Cl)nn1)C(F)(F)F. The first kappa shape index (κ1) is 14.4. The minimum Gasteiger partial charge on any atom is -0.282 e. The normalized spacial score (nSPS) is 11.7. The average molecular weight is 308 g/mol. The first-order valence-corrected chi connectivity index (χ1v) is 5.61. The summed E-state index contributed by atoms with van der Waals surface area (Å²) in [6.07, 6.45) is -4.15. The quantitative estimate of drug-likeness (QED) is 0.647. The van der Waals surface area contributed by atoms with Crippen molar-refractivity contribution in [1.82, 2.24) is 15.0 Å². The van der Waals surface area contributed by atoms with Crippen LogP contribution in [0.2, 0.25) is 5.02 Å². The molecule has 2 rings (SSSR count). The van der Waals surface area contributed by atoms with Gasteiger partial charge in [0.1, 0.15) is 5.82 Å². The van der Waals surface area contributed by atoms with Crippen LogP contribution >= 0.6 is 11.6 Å². The van der Waals surface area contributed by atoms with Gasteiger partial charge in [-0.1, -0.05) is 22.9 Å². The van der Waals surface area contributed by atoms with Crippen molar-refractivity contribution in [2.24, 2.45) is 0 Å². The molecule has 0 aliphatic carbocycles. The van der Waals surface area contributed by atoms with Crippen molar-refractivity contribution in [3.05, 3.63) is 46.5 Å². The summed E-state index contributed by atoms with van der Waals surface area (Å²) in [6, 6.07) is 3.58. The molecule has 0 radical (unpaired) electrons. The van der Waals surface area contributed by atoms with Crippen LogP contribution in [0.3, 0.4) is 0 Å². The standard InChI is InChI=1S/C11H6ClF4N3O/c12-8-3-7(13)2-1-6(8)4-19-5-9(17-18-19)10(20)11(14,15)16/h1-3,5H,4H2. The van der Waals surface area contributed by atoms with Gasteiger partial charge in [-0.2, -0.15) is 13.2 Å². The molecule has 4 nitrogen and oxygen atoms in total. The lowest BCUT2D eigenvalue weighted by Crippen LogP contribution is -2.23. The Balaban J connectivity index is 2.20. The van der Waals surface area contributed by atoms with Gasteiger partial charge >= 0.3 is 6.18 Å². The van der Waals surface area contributed by atoms with Gasteiger partial charge in [-0.3, -0.25) is 4.79 Å². The molecule has 0 N–H and O–H groups in total. The Morgan fingerprint density at radius 3 is 2.65 bits per heavy atom. The minimum atomic E-state index is -5.01. The van der Waals surface area contributed by atoms with E-state index >= 15 is 0 Å². The Kier molecular flexibility index (Phi) is 3.76. The van der Waals surface area contributed by atoms with Crippen LogP contribution in [0.4, 0.5) is 17.6 Å². The zero-order chi connectivity index (χ0) is 14.9. The van der Waals surface area contributed by atoms with Crippen LogP contribution in [0, 0.1) is 5.82 Å². The third kappa shape index (κ3) is 3.13. The molecule has 0 saturated heterocycles. The maximum atomic E-state index is 12.8. The van der Waals surface area contributed by atoms with E-state index in [4.69, 9.17) is 11.6 Å². The number of hydrogen-bond acceptors (Lipinski definition) is 3. The van der Waals surface area contributed by atoms with Gasteiger partial charge in [0.05, 0.1) is 12.7 Å². The van der Waals surface area contributed by atoms with Crippen LogP contribution in [0.5, 0.6) is 0 Å². The van der Waals surface area contributed by atoms with E-state index in [1.165, 1.54) is 6.07 Å². The molecule has 0 aliphatic heterocycles. The zero-order valence-electron chi connectivity index (χ0n) is 9.66. The molecule has 20 heavy (non-hydrogen) atoms. The lowest BCUT2D eigenvalue weighted by molar-refractivity contribution is -0.0888. The fourth-order valence-corrected chi connectivity index (χ4v) is 1.68. The number of hydrogen-bond donors (Lipinski definition) is 0. The molecule has 0 bridgehead atoms. The van der Waals surface area contributed by atoms with E-state index in [-0.39, 0.29) is 11.6 Å². The minimum absolute atomic E-state index is 0.0305. The Bertz CT molecular complexity index is 653. The summed E-state index contributed by atoms with van der Waals surface area (Å²) in [6.45, 7) is -0.0305. The molecule has 0 fully saturated rings. The van der Waals surface area contributed by atoms with Crippen molar-refractivity contribution in [3.8, 4) is 0 Å². The van der Waals surface area contributed by atoms with Gasteiger partial charge in [-0.25, -0.2) is 9.07 Å². The van der Waals surface area contributed by atoms with E-state index in [1.54, 1.807) is 0 Å². The predicted molar refractivity (Wildman–Crippen MR) is 60.9 cm³/mol. The van der Waals surface area contributed by atoms with Crippen LogP contribution in [-0.2, 0) is 6.54 Å². The fraction of sp³-hybridized carbons (Fsp3) is 0.182. The molecule has 0 unspecified atom stereocenters. The second kappa shape index (κ2) is 5.20. The summed E-state index contributed by atoms with van der Waals surface area (Å²) in [7, 11) is 0. The van der Waals surface area contributed by atoms with Crippen LogP contribution < -0.4 is 0 Å². The van der Waals surface area contributed by atoms with Gasteiger partial charge in [0.25, 0.3) is 5.78 Å². The van der Waals surface area contributed by atoms with Crippen molar-refractivity contribution in [2.45, 2.75) is 12.7 Å². The zero-order valence-corrected chi connectivity index (χ0v) is 10.4. The molecule has 2 aromatic rings. The summed E-state index contributed by atoms with van der Waals surface area (Å²) in [5, 5.41) is 6.66. The Hall–Kier alpha value is -1.96. The monoisotopic (exact) mass is 307 g/mol. The topological polar surface area (TPSA) is 47.8 Å². The number of benzene rings is 1. The number of Topliss-reactive ketones (excluding diaryl/α,β-unsaturated/α-hetero) is 1. The van der Waals surface area contributed by atoms with E-state index in [0.29, 0.717) is 5.56 Å². The third-order valence-electron chi connectivity index (χ3n) is 2.38. The predicted octanol–water partition coefficient (Wildman–Crippen LogP) is 2.86. The molecule has 1 heterocycles. The second-order valence-corrected chi connectivity index (χ2v) is 4.27. The summed E-state index contributed by atoms with van der Waals surface area (Å²) in [5.74, 6) is -2.61. The number of carbonyl (C=O) groups excluding carboxylic acids is 1. The summed E-state index contributed by atoms with van der Waals surface area (Å²) < 4.78 is 50.4. The lowest BCUT2D eigenvalue weighted by atomic mass is 10.2. The highest BCUT2D eigenvalue weighted by Gasteiger charge is 2.41. The van der Waals surface area contributed by atoms with Crippen molar-refractivity contribution in [2.75, 3.05) is 0 Å². The maximum Gasteiger partial charge on any atom is 0.456 e. The number of halogens is 5. The molecule has 106 valence electrons. The first-order chi connectivity index (χ1) is 9.27. The van der Waals surface area contributed by atoms with Crippen LogP contribution in [0.1, 0.15) is 16.1 Å². The van der Waals surface area contributed by atoms with E-state index in [0.717, 1.165) is 23.0 Å². The Morgan fingerprint density at radius 1 is 1.35 bits per heavy atom. The Morgan fingerprint density at radius 2 is 2.05 bits per heavy atom. The van der Waals surface area contributed by atoms with Gasteiger partial charge in [0, 0.05) is 5.02 Å². The Labute approximate surface area is 115 Å². The number of nitrogens with zero attached hydrogens (tertiary/aromatic N) is 3. The van der Waals surface area contributed by atoms with Crippen LogP contribution in [0.25, 0.3) is 0 Å². The van der Waals surface area contributed by atoms with Gasteiger partial charge in [-0.05, 0) is 17.7 Å². The number of ketones is 1. The van der Waals surface area contributed by atoms with Crippen molar-refractivity contribution < 1.29 is 22.4 Å². The molecule has 0 saturated carbocycles. The first-order valence-electron chi connectivity index (χ1n) is 5.23. The maximum absolute atomic E-state index is 12.8. The molecule has 0 spiro atoms. The van der Waals surface area contributed by atoms with Gasteiger partial charge < -0.3 is 0 Å². The largest absolute Gasteiger partial charge is 0.456 e. The van der Waals surface area contributed by atoms with Crippen LogP contribution in [-0.4, -0.2) is 27.0 Å². The van der Waals surface area contributed by atoms with E-state index in [1.807, 2.05) is 0 Å². The molecular weight excluding hydrogens is 302 g/mol. The number of aromatic nitrogens is 3. The molecular formula is C11H6ClF4N3O. The van der Waals surface area contributed by atoms with E-state index in [9.17, 15) is 22.4 Å². The van der Waals surface area contributed by atoms with Gasteiger partial charge in [-0.15, -0.1) is 5.10 Å². The van der Waals surface area contributed by atoms with Gasteiger partial charge in [0.15, 0.2) is 5.69 Å². The molecule has 0 amide bonds. The average Bonchev–Trinajstić information content (AvgIpc) is 2.79. The molecule has 0 aliphatic rings.